The maximum atomic E-state index is 12.2. The number of benzene rings is 2. The van der Waals surface area contributed by atoms with E-state index in [-0.39, 0.29) is 30.6 Å². The van der Waals surface area contributed by atoms with Crippen molar-refractivity contribution in [3.63, 3.8) is 0 Å². The van der Waals surface area contributed by atoms with Gasteiger partial charge in [0.25, 0.3) is 5.91 Å². The van der Waals surface area contributed by atoms with Crippen molar-refractivity contribution in [3.05, 3.63) is 71.3 Å². The number of carbonyl (C=O) groups is 3. The van der Waals surface area contributed by atoms with Crippen LogP contribution in [0.4, 0.5) is 0 Å². The van der Waals surface area contributed by atoms with Crippen molar-refractivity contribution >= 4 is 17.5 Å². The predicted molar refractivity (Wildman–Crippen MR) is 86.8 cm³/mol. The number of Topliss-reactive ketones (excluding diaryl/α,β-unsaturated/α-hetero) is 2. The minimum atomic E-state index is -0.879. The van der Waals surface area contributed by atoms with Crippen LogP contribution in [0.5, 0.6) is 0 Å². The number of carbonyl (C=O) groups excluding carboxylic acids is 3. The van der Waals surface area contributed by atoms with Crippen LogP contribution in [0.15, 0.2) is 54.6 Å². The number of nitrogens with one attached hydrogen (secondary N) is 2. The van der Waals surface area contributed by atoms with E-state index in [1.54, 1.807) is 48.5 Å². The number of fused-ring (bicyclic) bond motifs is 1. The lowest BCUT2D eigenvalue weighted by atomic mass is 10.1. The molecular formula is C18H16N2O4. The number of amides is 1. The fourth-order valence-electron chi connectivity index (χ4n) is 2.55. The smallest absolute Gasteiger partial charge is 0.274 e. The monoisotopic (exact) mass is 324 g/mol. The largest absolute Gasteiger partial charge is 0.298 e. The third-order valence-electron chi connectivity index (χ3n) is 3.74. The molecule has 2 aromatic rings. The maximum Gasteiger partial charge on any atom is 0.274 e. The zero-order valence-electron chi connectivity index (χ0n) is 12.8. The van der Waals surface area contributed by atoms with Crippen molar-refractivity contribution in [3.8, 4) is 0 Å². The quantitative estimate of drug-likeness (QED) is 0.476. The molecule has 0 fully saturated rings. The molecule has 0 atom stereocenters. The van der Waals surface area contributed by atoms with Crippen LogP contribution in [0, 0.1) is 0 Å². The topological polar surface area (TPSA) is 84.5 Å². The third kappa shape index (κ3) is 3.24. The van der Waals surface area contributed by atoms with E-state index in [0.29, 0.717) is 16.7 Å². The van der Waals surface area contributed by atoms with Crippen molar-refractivity contribution in [2.45, 2.75) is 6.04 Å². The highest BCUT2D eigenvalue weighted by atomic mass is 16.6. The zero-order valence-corrected chi connectivity index (χ0v) is 12.8. The lowest BCUT2D eigenvalue weighted by molar-refractivity contribution is 0.0316. The maximum absolute atomic E-state index is 12.2. The van der Waals surface area contributed by atoms with E-state index >= 15 is 0 Å². The molecule has 0 heterocycles. The number of hydrogen-bond acceptors (Lipinski definition) is 5. The summed E-state index contributed by atoms with van der Waals surface area (Å²) in [5.74, 6) is -0.816. The van der Waals surface area contributed by atoms with Crippen LogP contribution in [-0.2, 0) is 4.84 Å². The molecule has 24 heavy (non-hydrogen) atoms. The van der Waals surface area contributed by atoms with E-state index in [2.05, 4.69) is 10.8 Å². The van der Waals surface area contributed by atoms with Crippen LogP contribution >= 0.6 is 0 Å². The molecule has 122 valence electrons. The average Bonchev–Trinajstić information content (AvgIpc) is 2.87. The molecule has 2 N–H and O–H groups in total. The van der Waals surface area contributed by atoms with Gasteiger partial charge in [-0.1, -0.05) is 42.5 Å². The summed E-state index contributed by atoms with van der Waals surface area (Å²) in [4.78, 5) is 41.2. The molecule has 6 nitrogen and oxygen atoms in total. The van der Waals surface area contributed by atoms with Crippen molar-refractivity contribution in [2.75, 3.05) is 13.2 Å². The van der Waals surface area contributed by atoms with Gasteiger partial charge in [-0.3, -0.25) is 24.5 Å². The first-order valence-electron chi connectivity index (χ1n) is 7.56. The van der Waals surface area contributed by atoms with Gasteiger partial charge in [0.2, 0.25) is 0 Å². The van der Waals surface area contributed by atoms with E-state index < -0.39 is 6.04 Å². The Labute approximate surface area is 138 Å². The lowest BCUT2D eigenvalue weighted by Gasteiger charge is -2.10. The van der Waals surface area contributed by atoms with Gasteiger partial charge in [-0.15, -0.1) is 0 Å². The highest BCUT2D eigenvalue weighted by Crippen LogP contribution is 2.21. The second-order valence-electron chi connectivity index (χ2n) is 5.31. The lowest BCUT2D eigenvalue weighted by Crippen LogP contribution is -2.41. The summed E-state index contributed by atoms with van der Waals surface area (Å²) in [6.07, 6.45) is 0. The summed E-state index contributed by atoms with van der Waals surface area (Å²) in [6, 6.07) is 14.5. The Kier molecular flexibility index (Phi) is 4.79. The molecular weight excluding hydrogens is 308 g/mol. The van der Waals surface area contributed by atoms with E-state index in [4.69, 9.17) is 4.84 Å². The third-order valence-corrected chi connectivity index (χ3v) is 3.74. The van der Waals surface area contributed by atoms with Crippen LogP contribution < -0.4 is 10.8 Å². The van der Waals surface area contributed by atoms with E-state index in [1.165, 1.54) is 0 Å². The van der Waals surface area contributed by atoms with Crippen LogP contribution in [0.3, 0.4) is 0 Å². The van der Waals surface area contributed by atoms with E-state index in [1.807, 2.05) is 6.07 Å². The Balaban J connectivity index is 1.44. The Morgan fingerprint density at radius 3 is 2.12 bits per heavy atom. The molecule has 1 aliphatic rings. The molecule has 0 aromatic heterocycles. The van der Waals surface area contributed by atoms with Gasteiger partial charge in [0.05, 0.1) is 6.61 Å². The first-order chi connectivity index (χ1) is 11.7. The van der Waals surface area contributed by atoms with Gasteiger partial charge in [-0.25, -0.2) is 5.48 Å². The second-order valence-corrected chi connectivity index (χ2v) is 5.31. The summed E-state index contributed by atoms with van der Waals surface area (Å²) in [7, 11) is 0. The van der Waals surface area contributed by atoms with Crippen LogP contribution in [0.1, 0.15) is 31.1 Å². The van der Waals surface area contributed by atoms with Crippen LogP contribution in [0.25, 0.3) is 0 Å². The fourth-order valence-corrected chi connectivity index (χ4v) is 2.55. The Morgan fingerprint density at radius 1 is 0.917 bits per heavy atom. The van der Waals surface area contributed by atoms with E-state index in [9.17, 15) is 14.4 Å². The molecule has 0 aliphatic heterocycles. The second kappa shape index (κ2) is 7.16. The fraction of sp³-hybridized carbons (Fsp3) is 0.167. The van der Waals surface area contributed by atoms with Crippen molar-refractivity contribution < 1.29 is 19.2 Å². The van der Waals surface area contributed by atoms with Gasteiger partial charge in [-0.2, -0.15) is 0 Å². The Morgan fingerprint density at radius 2 is 1.50 bits per heavy atom. The molecule has 1 aliphatic carbocycles. The molecule has 0 saturated heterocycles. The predicted octanol–water partition coefficient (Wildman–Crippen LogP) is 1.39. The van der Waals surface area contributed by atoms with Gasteiger partial charge >= 0.3 is 0 Å². The van der Waals surface area contributed by atoms with Crippen LogP contribution in [-0.4, -0.2) is 36.7 Å². The average molecular weight is 324 g/mol. The SMILES string of the molecule is O=C(NOCCNC1C(=O)c2ccccc2C1=O)c1ccccc1. The van der Waals surface area contributed by atoms with Crippen molar-refractivity contribution in [2.24, 2.45) is 0 Å². The molecule has 0 spiro atoms. The van der Waals surface area contributed by atoms with Crippen molar-refractivity contribution in [1.29, 1.82) is 0 Å². The zero-order chi connectivity index (χ0) is 16.9. The van der Waals surface area contributed by atoms with Crippen molar-refractivity contribution in [1.82, 2.24) is 10.8 Å². The molecule has 0 radical (unpaired) electrons. The highest BCUT2D eigenvalue weighted by molar-refractivity contribution is 6.29. The van der Waals surface area contributed by atoms with E-state index in [0.717, 1.165) is 0 Å². The molecule has 0 unspecified atom stereocenters. The summed E-state index contributed by atoms with van der Waals surface area (Å²) in [6.45, 7) is 0.386. The van der Waals surface area contributed by atoms with Gasteiger partial charge in [0.1, 0.15) is 6.04 Å². The number of rotatable bonds is 6. The summed E-state index contributed by atoms with van der Waals surface area (Å²) in [5.41, 5.74) is 3.69. The normalized spacial score (nSPS) is 13.8. The van der Waals surface area contributed by atoms with Crippen LogP contribution in [0.2, 0.25) is 0 Å². The number of ketones is 2. The summed E-state index contributed by atoms with van der Waals surface area (Å²) in [5, 5.41) is 2.87. The first-order valence-corrected chi connectivity index (χ1v) is 7.56. The number of hydrogen-bond donors (Lipinski definition) is 2. The first kappa shape index (κ1) is 16.0. The Hall–Kier alpha value is -2.83. The molecule has 0 bridgehead atoms. The Bertz CT molecular complexity index is 739. The minimum absolute atomic E-state index is 0.131. The van der Waals surface area contributed by atoms with Gasteiger partial charge < -0.3 is 0 Å². The molecule has 1 amide bonds. The van der Waals surface area contributed by atoms with Gasteiger partial charge in [0, 0.05) is 23.2 Å². The van der Waals surface area contributed by atoms with Gasteiger partial charge in [0.15, 0.2) is 11.6 Å². The molecule has 0 saturated carbocycles. The van der Waals surface area contributed by atoms with Gasteiger partial charge in [-0.05, 0) is 12.1 Å². The highest BCUT2D eigenvalue weighted by Gasteiger charge is 2.37. The molecule has 3 rings (SSSR count). The molecule has 6 heteroatoms. The molecule has 2 aromatic carbocycles. The number of hydroxylamine groups is 1. The summed E-state index contributed by atoms with van der Waals surface area (Å²) < 4.78 is 0. The standard InChI is InChI=1S/C18H16N2O4/c21-16-13-8-4-5-9-14(13)17(22)15(16)19-10-11-24-20-18(23)12-6-2-1-3-7-12/h1-9,15,19H,10-11H2,(H,20,23). The summed E-state index contributed by atoms with van der Waals surface area (Å²) >= 11 is 0. The minimum Gasteiger partial charge on any atom is -0.298 e.